The fraction of sp³-hybridized carbons (Fsp3) is 0.522. The van der Waals surface area contributed by atoms with Crippen molar-refractivity contribution in [2.45, 2.75) is 65.3 Å². The van der Waals surface area contributed by atoms with Gasteiger partial charge in [0, 0.05) is 37.9 Å². The Morgan fingerprint density at radius 1 is 1.17 bits per heavy atom. The number of aryl methyl sites for hydroxylation is 2. The van der Waals surface area contributed by atoms with Gasteiger partial charge in [-0.25, -0.2) is 34.5 Å². The van der Waals surface area contributed by atoms with Crippen molar-refractivity contribution in [1.29, 1.82) is 0 Å². The molecule has 1 saturated heterocycles. The molecule has 0 saturated carbocycles. The first-order valence-electron chi connectivity index (χ1n) is 11.5. The first kappa shape index (κ1) is 24.3. The molecule has 1 fully saturated rings. The van der Waals surface area contributed by atoms with Gasteiger partial charge in [-0.2, -0.15) is 0 Å². The zero-order valence-corrected chi connectivity index (χ0v) is 20.8. The van der Waals surface area contributed by atoms with Crippen LogP contribution in [0.3, 0.4) is 0 Å². The maximum absolute atomic E-state index is 12.8. The molecule has 1 N–H and O–H groups in total. The summed E-state index contributed by atoms with van der Waals surface area (Å²) < 4.78 is 12.4. The molecule has 0 spiro atoms. The number of rotatable bonds is 5. The fourth-order valence-electron chi connectivity index (χ4n) is 4.09. The van der Waals surface area contributed by atoms with Crippen LogP contribution in [-0.4, -0.2) is 77.8 Å². The molecule has 35 heavy (non-hydrogen) atoms. The van der Waals surface area contributed by atoms with Gasteiger partial charge in [0.25, 0.3) is 0 Å². The fourth-order valence-corrected chi connectivity index (χ4v) is 4.09. The number of imidazole rings is 1. The Hall–Kier alpha value is -3.83. The highest BCUT2D eigenvalue weighted by atomic mass is 16.6. The van der Waals surface area contributed by atoms with E-state index in [0.717, 1.165) is 5.56 Å². The monoisotopic (exact) mass is 482 g/mol. The second kappa shape index (κ2) is 9.43. The molecule has 3 aromatic heterocycles. The number of ether oxygens (including phenoxy) is 2. The number of fused-ring (bicyclic) bond motifs is 1. The molecule has 0 aromatic carbocycles. The molecule has 0 unspecified atom stereocenters. The van der Waals surface area contributed by atoms with Crippen molar-refractivity contribution in [2.24, 2.45) is 0 Å². The normalized spacial score (nSPS) is 18.1. The number of esters is 1. The summed E-state index contributed by atoms with van der Waals surface area (Å²) in [5, 5.41) is 3.35. The van der Waals surface area contributed by atoms with Crippen LogP contribution in [0.1, 0.15) is 39.9 Å². The summed E-state index contributed by atoms with van der Waals surface area (Å²) in [4.78, 5) is 48.8. The topological polar surface area (TPSA) is 137 Å². The maximum atomic E-state index is 12.8. The first-order valence-corrected chi connectivity index (χ1v) is 11.5. The maximum Gasteiger partial charge on any atom is 0.411 e. The Morgan fingerprint density at radius 2 is 1.89 bits per heavy atom. The lowest BCUT2D eigenvalue weighted by Crippen LogP contribution is -2.44. The number of carbonyl (C=O) groups excluding carboxylic acids is 2. The standard InChI is InChI=1S/C23H30N8O4/c1-7-30-19(14-9-24-13(2)25-10-14)29-17-18(26-12-27-20(17)30)28-15-8-16(21(32)34-6)31(11-15)22(33)35-23(3,4)5/h9-10,12,15-16H,7-8,11H2,1-6H3,(H,26,27,28)/t15-,16-/m0/s1. The Morgan fingerprint density at radius 3 is 2.51 bits per heavy atom. The summed E-state index contributed by atoms with van der Waals surface area (Å²) in [6, 6.07) is -1.04. The summed E-state index contributed by atoms with van der Waals surface area (Å²) in [5.74, 6) is 1.37. The van der Waals surface area contributed by atoms with Gasteiger partial charge in [0.1, 0.15) is 29.6 Å². The van der Waals surface area contributed by atoms with Crippen molar-refractivity contribution in [3.8, 4) is 11.4 Å². The smallest absolute Gasteiger partial charge is 0.411 e. The number of carbonyl (C=O) groups is 2. The highest BCUT2D eigenvalue weighted by Gasteiger charge is 2.42. The number of hydrogen-bond acceptors (Lipinski definition) is 10. The van der Waals surface area contributed by atoms with E-state index in [1.807, 2.05) is 18.4 Å². The lowest BCUT2D eigenvalue weighted by Gasteiger charge is -2.27. The molecule has 186 valence electrons. The molecule has 12 nitrogen and oxygen atoms in total. The van der Waals surface area contributed by atoms with Crippen molar-refractivity contribution < 1.29 is 19.1 Å². The highest BCUT2D eigenvalue weighted by molar-refractivity contribution is 5.87. The lowest BCUT2D eigenvalue weighted by molar-refractivity contribution is -0.145. The minimum Gasteiger partial charge on any atom is -0.467 e. The van der Waals surface area contributed by atoms with E-state index in [-0.39, 0.29) is 12.6 Å². The van der Waals surface area contributed by atoms with E-state index >= 15 is 0 Å². The summed E-state index contributed by atoms with van der Waals surface area (Å²) in [6.45, 7) is 10.0. The number of nitrogens with zero attached hydrogens (tertiary/aromatic N) is 7. The third-order valence-electron chi connectivity index (χ3n) is 5.63. The molecule has 0 aliphatic carbocycles. The number of hydrogen-bond donors (Lipinski definition) is 1. The van der Waals surface area contributed by atoms with Crippen LogP contribution in [0.25, 0.3) is 22.6 Å². The predicted octanol–water partition coefficient (Wildman–Crippen LogP) is 2.57. The Bertz CT molecular complexity index is 1230. The van der Waals surface area contributed by atoms with Gasteiger partial charge in [-0.3, -0.25) is 4.90 Å². The Labute approximate surface area is 203 Å². The van der Waals surface area contributed by atoms with Gasteiger partial charge < -0.3 is 19.4 Å². The van der Waals surface area contributed by atoms with Gasteiger partial charge >= 0.3 is 12.1 Å². The molecule has 0 radical (unpaired) electrons. The van der Waals surface area contributed by atoms with E-state index < -0.39 is 23.7 Å². The summed E-state index contributed by atoms with van der Waals surface area (Å²) in [5.41, 5.74) is 1.32. The number of anilines is 1. The van der Waals surface area contributed by atoms with Crippen LogP contribution in [0.5, 0.6) is 0 Å². The average molecular weight is 483 g/mol. The van der Waals surface area contributed by atoms with Crippen molar-refractivity contribution in [3.05, 3.63) is 24.5 Å². The number of amides is 1. The van der Waals surface area contributed by atoms with Crippen LogP contribution in [-0.2, 0) is 20.8 Å². The molecule has 1 amide bonds. The van der Waals surface area contributed by atoms with E-state index in [1.165, 1.54) is 18.3 Å². The summed E-state index contributed by atoms with van der Waals surface area (Å²) in [7, 11) is 1.30. The predicted molar refractivity (Wildman–Crippen MR) is 128 cm³/mol. The number of methoxy groups -OCH3 is 1. The van der Waals surface area contributed by atoms with E-state index in [9.17, 15) is 9.59 Å². The largest absolute Gasteiger partial charge is 0.467 e. The highest BCUT2D eigenvalue weighted by Crippen LogP contribution is 2.29. The molecular formula is C23H30N8O4. The quantitative estimate of drug-likeness (QED) is 0.540. The van der Waals surface area contributed by atoms with Gasteiger partial charge in [-0.05, 0) is 34.6 Å². The molecule has 3 aromatic rings. The summed E-state index contributed by atoms with van der Waals surface area (Å²) in [6.07, 6.45) is 4.69. The van der Waals surface area contributed by atoms with Gasteiger partial charge in [0.05, 0.1) is 12.7 Å². The molecular weight excluding hydrogens is 452 g/mol. The third kappa shape index (κ3) is 5.00. The zero-order valence-electron chi connectivity index (χ0n) is 20.8. The first-order chi connectivity index (χ1) is 16.6. The van der Waals surface area contributed by atoms with Gasteiger partial charge in [0.2, 0.25) is 0 Å². The van der Waals surface area contributed by atoms with Crippen LogP contribution < -0.4 is 5.32 Å². The van der Waals surface area contributed by atoms with Gasteiger partial charge in [-0.1, -0.05) is 0 Å². The second-order valence-electron chi connectivity index (χ2n) is 9.34. The van der Waals surface area contributed by atoms with E-state index in [1.54, 1.807) is 33.2 Å². The minimum absolute atomic E-state index is 0.243. The number of nitrogens with one attached hydrogen (secondary N) is 1. The number of aromatic nitrogens is 6. The van der Waals surface area contributed by atoms with Crippen molar-refractivity contribution in [1.82, 2.24) is 34.4 Å². The third-order valence-corrected chi connectivity index (χ3v) is 5.63. The van der Waals surface area contributed by atoms with Crippen molar-refractivity contribution >= 4 is 29.0 Å². The Balaban J connectivity index is 1.64. The van der Waals surface area contributed by atoms with Gasteiger partial charge in [-0.15, -0.1) is 0 Å². The van der Waals surface area contributed by atoms with Crippen LogP contribution in [0.15, 0.2) is 18.7 Å². The molecule has 1 aliphatic heterocycles. The second-order valence-corrected chi connectivity index (χ2v) is 9.34. The average Bonchev–Trinajstić information content (AvgIpc) is 3.40. The lowest BCUT2D eigenvalue weighted by atomic mass is 10.1. The Kier molecular flexibility index (Phi) is 6.55. The molecule has 1 aliphatic rings. The SMILES string of the molecule is CCn1c(-c2cnc(C)nc2)nc2c(N[C@H]3C[C@@H](C(=O)OC)N(C(=O)OC(C)(C)C)C3)ncnc21. The van der Waals surface area contributed by atoms with E-state index in [0.29, 0.717) is 41.6 Å². The minimum atomic E-state index is -0.766. The van der Waals surface area contributed by atoms with E-state index in [2.05, 4.69) is 25.3 Å². The molecule has 12 heteroatoms. The van der Waals surface area contributed by atoms with Crippen LogP contribution >= 0.6 is 0 Å². The number of likely N-dealkylation sites (tertiary alicyclic amines) is 1. The van der Waals surface area contributed by atoms with Crippen molar-refractivity contribution in [3.63, 3.8) is 0 Å². The van der Waals surface area contributed by atoms with Crippen LogP contribution in [0, 0.1) is 6.92 Å². The van der Waals surface area contributed by atoms with Crippen LogP contribution in [0.2, 0.25) is 0 Å². The molecule has 4 rings (SSSR count). The van der Waals surface area contributed by atoms with E-state index in [4.69, 9.17) is 14.5 Å². The van der Waals surface area contributed by atoms with Crippen LogP contribution in [0.4, 0.5) is 10.6 Å². The van der Waals surface area contributed by atoms with Gasteiger partial charge in [0.15, 0.2) is 17.0 Å². The molecule has 2 atom stereocenters. The molecule has 0 bridgehead atoms. The molecule has 4 heterocycles. The summed E-state index contributed by atoms with van der Waals surface area (Å²) >= 11 is 0. The van der Waals surface area contributed by atoms with Crippen molar-refractivity contribution in [2.75, 3.05) is 19.0 Å². The zero-order chi connectivity index (χ0) is 25.3.